The van der Waals surface area contributed by atoms with Crippen LogP contribution in [-0.4, -0.2) is 16.4 Å². The monoisotopic (exact) mass is 241 g/mol. The summed E-state index contributed by atoms with van der Waals surface area (Å²) in [6, 6.07) is 0. The molecular weight excluding hydrogens is 237 g/mol. The predicted molar refractivity (Wildman–Crippen MR) is 41.2 cm³/mol. The van der Waals surface area contributed by atoms with Gasteiger partial charge < -0.3 is 5.11 Å². The molecule has 0 saturated carbocycles. The lowest BCUT2D eigenvalue weighted by Crippen LogP contribution is -2.13. The molecule has 0 fully saturated rings. The van der Waals surface area contributed by atoms with Gasteiger partial charge in [-0.1, -0.05) is 0 Å². The zero-order chi connectivity index (χ0) is 12.5. The highest BCUT2D eigenvalue weighted by Gasteiger charge is 2.39. The van der Waals surface area contributed by atoms with E-state index < -0.39 is 41.5 Å². The van der Waals surface area contributed by atoms with Crippen LogP contribution in [0.15, 0.2) is 6.20 Å². The van der Waals surface area contributed by atoms with E-state index >= 15 is 0 Å². The van der Waals surface area contributed by atoms with Crippen molar-refractivity contribution < 1.29 is 31.9 Å². The van der Waals surface area contributed by atoms with Crippen molar-refractivity contribution in [3.8, 4) is 5.75 Å². The molecule has 0 amide bonds. The van der Waals surface area contributed by atoms with Gasteiger partial charge in [-0.25, -0.2) is 8.78 Å². The molecule has 0 aliphatic rings. The van der Waals surface area contributed by atoms with Gasteiger partial charge in [-0.15, -0.1) is 0 Å². The molecule has 0 aromatic carbocycles. The zero-order valence-corrected chi connectivity index (χ0v) is 7.42. The van der Waals surface area contributed by atoms with Gasteiger partial charge in [0.25, 0.3) is 6.43 Å². The molecule has 1 aromatic rings. The molecule has 0 atom stereocenters. The van der Waals surface area contributed by atoms with Crippen molar-refractivity contribution in [2.45, 2.75) is 12.6 Å². The van der Waals surface area contributed by atoms with Crippen molar-refractivity contribution in [3.05, 3.63) is 23.0 Å². The summed E-state index contributed by atoms with van der Waals surface area (Å²) in [6.07, 6.45) is -8.61. The quantitative estimate of drug-likeness (QED) is 0.639. The first kappa shape index (κ1) is 12.3. The highest BCUT2D eigenvalue weighted by atomic mass is 19.4. The van der Waals surface area contributed by atoms with E-state index in [1.54, 1.807) is 0 Å². The standard InChI is InChI=1S/C8H4F5NO2/c9-7(10)6-3(2-15)5(8(11,12)13)4(16)1-14-6/h1-2,7,16H. The Labute approximate surface area is 85.5 Å². The van der Waals surface area contributed by atoms with Gasteiger partial charge in [0.1, 0.15) is 17.0 Å². The van der Waals surface area contributed by atoms with E-state index in [9.17, 15) is 26.7 Å². The summed E-state index contributed by atoms with van der Waals surface area (Å²) in [4.78, 5) is 13.3. The number of carbonyl (C=O) groups excluding carboxylic acids is 1. The molecule has 1 N–H and O–H groups in total. The average molecular weight is 241 g/mol. The van der Waals surface area contributed by atoms with Crippen LogP contribution in [0.4, 0.5) is 22.0 Å². The van der Waals surface area contributed by atoms with Gasteiger partial charge in [0.2, 0.25) is 0 Å². The van der Waals surface area contributed by atoms with E-state index in [4.69, 9.17) is 5.11 Å². The van der Waals surface area contributed by atoms with E-state index in [0.29, 0.717) is 0 Å². The Bertz CT molecular complexity index is 416. The summed E-state index contributed by atoms with van der Waals surface area (Å²) in [7, 11) is 0. The summed E-state index contributed by atoms with van der Waals surface area (Å²) in [5.41, 5.74) is -4.45. The van der Waals surface area contributed by atoms with Crippen LogP contribution in [0.25, 0.3) is 0 Å². The van der Waals surface area contributed by atoms with E-state index in [0.717, 1.165) is 0 Å². The van der Waals surface area contributed by atoms with Crippen molar-refractivity contribution in [2.75, 3.05) is 0 Å². The minimum Gasteiger partial charge on any atom is -0.506 e. The number of alkyl halides is 5. The number of hydrogen-bond acceptors (Lipinski definition) is 3. The van der Waals surface area contributed by atoms with E-state index in [2.05, 4.69) is 4.98 Å². The fourth-order valence-corrected chi connectivity index (χ4v) is 1.12. The number of halogens is 5. The van der Waals surface area contributed by atoms with Gasteiger partial charge in [-0.3, -0.25) is 9.78 Å². The second kappa shape index (κ2) is 4.03. The predicted octanol–water partition coefficient (Wildman–Crippen LogP) is 2.56. The number of hydrogen-bond donors (Lipinski definition) is 1. The Morgan fingerprint density at radius 3 is 2.31 bits per heavy atom. The van der Waals surface area contributed by atoms with Crippen LogP contribution < -0.4 is 0 Å². The maximum Gasteiger partial charge on any atom is 0.420 e. The molecule has 88 valence electrons. The average Bonchev–Trinajstić information content (AvgIpc) is 2.14. The van der Waals surface area contributed by atoms with Gasteiger partial charge in [0, 0.05) is 0 Å². The Kier molecular flexibility index (Phi) is 3.11. The lowest BCUT2D eigenvalue weighted by molar-refractivity contribution is -0.139. The van der Waals surface area contributed by atoms with Crippen LogP contribution in [0, 0.1) is 0 Å². The zero-order valence-electron chi connectivity index (χ0n) is 7.42. The van der Waals surface area contributed by atoms with Crippen molar-refractivity contribution in [3.63, 3.8) is 0 Å². The normalized spacial score (nSPS) is 11.9. The van der Waals surface area contributed by atoms with Gasteiger partial charge in [0.05, 0.1) is 11.8 Å². The van der Waals surface area contributed by atoms with Crippen LogP contribution in [0.3, 0.4) is 0 Å². The van der Waals surface area contributed by atoms with Crippen molar-refractivity contribution in [1.29, 1.82) is 0 Å². The third-order valence-electron chi connectivity index (χ3n) is 1.74. The largest absolute Gasteiger partial charge is 0.506 e. The first-order chi connectivity index (χ1) is 7.29. The summed E-state index contributed by atoms with van der Waals surface area (Å²) < 4.78 is 61.5. The third-order valence-corrected chi connectivity index (χ3v) is 1.74. The van der Waals surface area contributed by atoms with Gasteiger partial charge in [-0.05, 0) is 0 Å². The van der Waals surface area contributed by atoms with Crippen LogP contribution in [0.2, 0.25) is 0 Å². The van der Waals surface area contributed by atoms with E-state index in [1.807, 2.05) is 0 Å². The SMILES string of the molecule is O=Cc1c(C(F)F)ncc(O)c1C(F)(F)F. The van der Waals surface area contributed by atoms with Gasteiger partial charge in [-0.2, -0.15) is 13.2 Å². The Morgan fingerprint density at radius 1 is 1.38 bits per heavy atom. The van der Waals surface area contributed by atoms with E-state index in [-0.39, 0.29) is 6.20 Å². The second-order valence-corrected chi connectivity index (χ2v) is 2.73. The topological polar surface area (TPSA) is 50.2 Å². The number of pyridine rings is 1. The maximum atomic E-state index is 12.3. The smallest absolute Gasteiger partial charge is 0.420 e. The molecule has 1 rings (SSSR count). The second-order valence-electron chi connectivity index (χ2n) is 2.73. The number of aromatic hydroxyl groups is 1. The van der Waals surface area contributed by atoms with Crippen LogP contribution >= 0.6 is 0 Å². The maximum absolute atomic E-state index is 12.3. The molecule has 8 heteroatoms. The fraction of sp³-hybridized carbons (Fsp3) is 0.250. The molecule has 3 nitrogen and oxygen atoms in total. The van der Waals surface area contributed by atoms with Gasteiger partial charge >= 0.3 is 6.18 Å². The molecule has 16 heavy (non-hydrogen) atoms. The molecule has 0 bridgehead atoms. The van der Waals surface area contributed by atoms with Crippen LogP contribution in [0.1, 0.15) is 28.0 Å². The van der Waals surface area contributed by atoms with Crippen LogP contribution in [-0.2, 0) is 6.18 Å². The number of aromatic nitrogens is 1. The molecule has 0 aliphatic carbocycles. The molecular formula is C8H4F5NO2. The van der Waals surface area contributed by atoms with Crippen molar-refractivity contribution in [2.24, 2.45) is 0 Å². The number of aldehydes is 1. The first-order valence-corrected chi connectivity index (χ1v) is 3.81. The molecule has 0 radical (unpaired) electrons. The third kappa shape index (κ3) is 2.10. The van der Waals surface area contributed by atoms with Gasteiger partial charge in [0.15, 0.2) is 6.29 Å². The lowest BCUT2D eigenvalue weighted by atomic mass is 10.1. The number of carbonyl (C=O) groups is 1. The van der Waals surface area contributed by atoms with Crippen LogP contribution in [0.5, 0.6) is 5.75 Å². The molecule has 1 aromatic heterocycles. The summed E-state index contributed by atoms with van der Waals surface area (Å²) in [6.45, 7) is 0. The minimum atomic E-state index is -5.10. The Balaban J connectivity index is 3.57. The molecule has 1 heterocycles. The molecule has 0 unspecified atom stereocenters. The van der Waals surface area contributed by atoms with Crippen molar-refractivity contribution >= 4 is 6.29 Å². The Morgan fingerprint density at radius 2 is 1.94 bits per heavy atom. The summed E-state index contributed by atoms with van der Waals surface area (Å²) in [5.74, 6) is -1.36. The summed E-state index contributed by atoms with van der Waals surface area (Å²) in [5, 5.41) is 8.88. The van der Waals surface area contributed by atoms with Crippen molar-refractivity contribution in [1.82, 2.24) is 4.98 Å². The number of nitrogens with zero attached hydrogens (tertiary/aromatic N) is 1. The first-order valence-electron chi connectivity index (χ1n) is 3.81. The highest BCUT2D eigenvalue weighted by Crippen LogP contribution is 2.39. The number of rotatable bonds is 2. The molecule has 0 saturated heterocycles. The minimum absolute atomic E-state index is 0.233. The molecule has 0 spiro atoms. The highest BCUT2D eigenvalue weighted by molar-refractivity contribution is 5.80. The lowest BCUT2D eigenvalue weighted by Gasteiger charge is -2.13. The fourth-order valence-electron chi connectivity index (χ4n) is 1.12. The molecule has 0 aliphatic heterocycles. The van der Waals surface area contributed by atoms with E-state index in [1.165, 1.54) is 0 Å². The summed E-state index contributed by atoms with van der Waals surface area (Å²) >= 11 is 0. The Hall–Kier alpha value is -1.73.